The lowest BCUT2D eigenvalue weighted by Crippen LogP contribution is -1.96. The van der Waals surface area contributed by atoms with Crippen LogP contribution in [0.3, 0.4) is 0 Å². The molecule has 2 heteroatoms. The highest BCUT2D eigenvalue weighted by Crippen LogP contribution is 2.42. The molecule has 10 aromatic carbocycles. The molecule has 0 N–H and O–H groups in total. The second-order valence-electron chi connectivity index (χ2n) is 14.9. The third-order valence-corrected chi connectivity index (χ3v) is 11.6. The maximum absolute atomic E-state index is 4.76. The first kappa shape index (κ1) is 31.5. The van der Waals surface area contributed by atoms with Crippen LogP contribution in [-0.4, -0.2) is 9.55 Å². The number of benzene rings is 10. The molecule has 0 fully saturated rings. The van der Waals surface area contributed by atoms with E-state index in [1.807, 2.05) is 6.07 Å². The number of aromatic nitrogens is 2. The largest absolute Gasteiger partial charge is 0.297 e. The Hall–Kier alpha value is -7.03. The van der Waals surface area contributed by atoms with Crippen molar-refractivity contribution >= 4 is 64.9 Å². The van der Waals surface area contributed by atoms with E-state index in [1.54, 1.807) is 0 Å². The topological polar surface area (TPSA) is 17.8 Å². The lowest BCUT2D eigenvalue weighted by Gasteiger charge is -2.16. The molecule has 11 aromatic rings. The number of aryl methyl sites for hydroxylation is 2. The van der Waals surface area contributed by atoms with Gasteiger partial charge in [-0.15, -0.1) is 0 Å². The van der Waals surface area contributed by atoms with Gasteiger partial charge in [0.15, 0.2) is 0 Å². The zero-order valence-corrected chi connectivity index (χ0v) is 30.7. The predicted molar refractivity (Wildman–Crippen MR) is 234 cm³/mol. The second kappa shape index (κ2) is 12.3. The molecule has 11 rings (SSSR count). The molecule has 55 heavy (non-hydrogen) atoms. The first-order valence-electron chi connectivity index (χ1n) is 19.0. The van der Waals surface area contributed by atoms with Gasteiger partial charge in [0.05, 0.1) is 11.0 Å². The summed E-state index contributed by atoms with van der Waals surface area (Å²) in [5.41, 5.74) is 12.0. The Bertz CT molecular complexity index is 3330. The Morgan fingerprint density at radius 3 is 1.64 bits per heavy atom. The van der Waals surface area contributed by atoms with Crippen molar-refractivity contribution in [2.45, 2.75) is 13.8 Å². The van der Waals surface area contributed by atoms with E-state index in [0.29, 0.717) is 0 Å². The first-order valence-corrected chi connectivity index (χ1v) is 19.0. The highest BCUT2D eigenvalue weighted by Gasteiger charge is 2.15. The molecular formula is C53H36N2. The molecule has 0 saturated carbocycles. The van der Waals surface area contributed by atoms with Gasteiger partial charge in [-0.05, 0) is 149 Å². The summed E-state index contributed by atoms with van der Waals surface area (Å²) in [4.78, 5) is 4.76. The normalized spacial score (nSPS) is 11.8. The molecule has 0 amide bonds. The van der Waals surface area contributed by atoms with Crippen molar-refractivity contribution in [3.05, 3.63) is 193 Å². The zero-order valence-electron chi connectivity index (χ0n) is 30.7. The Kier molecular flexibility index (Phi) is 7.02. The average molecular weight is 701 g/mol. The third kappa shape index (κ3) is 5.06. The van der Waals surface area contributed by atoms with E-state index >= 15 is 0 Å². The van der Waals surface area contributed by atoms with Crippen molar-refractivity contribution in [2.75, 3.05) is 0 Å². The van der Waals surface area contributed by atoms with Crippen LogP contribution < -0.4 is 0 Å². The molecule has 0 aliphatic rings. The highest BCUT2D eigenvalue weighted by atomic mass is 15.1. The second-order valence-corrected chi connectivity index (χ2v) is 14.9. The van der Waals surface area contributed by atoms with Gasteiger partial charge in [-0.3, -0.25) is 4.57 Å². The summed E-state index contributed by atoms with van der Waals surface area (Å²) in [6, 6.07) is 67.0. The fourth-order valence-electron chi connectivity index (χ4n) is 8.96. The van der Waals surface area contributed by atoms with Crippen molar-refractivity contribution in [3.63, 3.8) is 0 Å². The number of rotatable bonds is 4. The van der Waals surface area contributed by atoms with E-state index in [2.05, 4.69) is 194 Å². The lowest BCUT2D eigenvalue weighted by atomic mass is 9.88. The van der Waals surface area contributed by atoms with Gasteiger partial charge < -0.3 is 0 Å². The molecular weight excluding hydrogens is 665 g/mol. The quantitative estimate of drug-likeness (QED) is 0.167. The van der Waals surface area contributed by atoms with E-state index in [0.717, 1.165) is 22.5 Å². The molecule has 2 nitrogen and oxygen atoms in total. The summed E-state index contributed by atoms with van der Waals surface area (Å²) in [5.74, 6) is 0.991. The van der Waals surface area contributed by atoms with Crippen molar-refractivity contribution in [3.8, 4) is 39.1 Å². The SMILES string of the molecule is Cc1cccc2ccc3cccc(-c4cccc5ccc6cc(-c7ccc8cc(-c9ccc(-n%10c(C)nc%11ccccc%11%10)cc9)ccc8c7)ccc6c45)c3c12. The van der Waals surface area contributed by atoms with Crippen LogP contribution in [-0.2, 0) is 0 Å². The molecule has 1 aromatic heterocycles. The number of imidazole rings is 1. The number of hydrogen-bond acceptors (Lipinski definition) is 1. The molecule has 0 aliphatic carbocycles. The van der Waals surface area contributed by atoms with Gasteiger partial charge in [0.25, 0.3) is 0 Å². The van der Waals surface area contributed by atoms with Crippen LogP contribution in [0.1, 0.15) is 11.4 Å². The Morgan fingerprint density at radius 1 is 0.382 bits per heavy atom. The molecule has 0 spiro atoms. The molecule has 258 valence electrons. The first-order chi connectivity index (χ1) is 27.1. The number of nitrogens with zero attached hydrogens (tertiary/aromatic N) is 2. The van der Waals surface area contributed by atoms with E-state index < -0.39 is 0 Å². The minimum absolute atomic E-state index is 0.991. The average Bonchev–Trinajstić information content (AvgIpc) is 3.58. The maximum atomic E-state index is 4.76. The van der Waals surface area contributed by atoms with Crippen molar-refractivity contribution in [1.82, 2.24) is 9.55 Å². The van der Waals surface area contributed by atoms with Crippen LogP contribution in [0.15, 0.2) is 182 Å². The monoisotopic (exact) mass is 700 g/mol. The standard InChI is InChI=1S/C53H36N2/c1-33-8-5-9-36-16-17-38-11-7-13-48(53(38)51(33)36)47-12-6-10-37-18-23-44-32-43(26-29-46(44)52(37)47)42-22-21-40-30-39(19-20-41(40)31-42)35-24-27-45(28-25-35)55-34(2)54-49-14-3-4-15-50(49)55/h3-32H,1-2H3. The van der Waals surface area contributed by atoms with Crippen LogP contribution in [0.2, 0.25) is 0 Å². The van der Waals surface area contributed by atoms with Crippen molar-refractivity contribution < 1.29 is 0 Å². The fraction of sp³-hybridized carbons (Fsp3) is 0.0377. The fourth-order valence-corrected chi connectivity index (χ4v) is 8.96. The van der Waals surface area contributed by atoms with Gasteiger partial charge in [0.2, 0.25) is 0 Å². The van der Waals surface area contributed by atoms with E-state index in [1.165, 1.54) is 92.8 Å². The van der Waals surface area contributed by atoms with E-state index in [9.17, 15) is 0 Å². The van der Waals surface area contributed by atoms with E-state index in [-0.39, 0.29) is 0 Å². The van der Waals surface area contributed by atoms with Gasteiger partial charge in [-0.2, -0.15) is 0 Å². The van der Waals surface area contributed by atoms with Gasteiger partial charge >= 0.3 is 0 Å². The van der Waals surface area contributed by atoms with Gasteiger partial charge in [0.1, 0.15) is 5.82 Å². The number of hydrogen-bond donors (Lipinski definition) is 0. The maximum Gasteiger partial charge on any atom is 0.111 e. The van der Waals surface area contributed by atoms with Gasteiger partial charge in [-0.25, -0.2) is 4.98 Å². The summed E-state index contributed by atoms with van der Waals surface area (Å²) in [7, 11) is 0. The summed E-state index contributed by atoms with van der Waals surface area (Å²) in [5, 5.41) is 12.8. The Morgan fingerprint density at radius 2 is 0.909 bits per heavy atom. The van der Waals surface area contributed by atoms with Crippen molar-refractivity contribution in [1.29, 1.82) is 0 Å². The molecule has 0 saturated heterocycles. The molecule has 1 heterocycles. The summed E-state index contributed by atoms with van der Waals surface area (Å²) < 4.78 is 2.22. The summed E-state index contributed by atoms with van der Waals surface area (Å²) in [6.45, 7) is 4.30. The van der Waals surface area contributed by atoms with Crippen LogP contribution in [0.5, 0.6) is 0 Å². The smallest absolute Gasteiger partial charge is 0.111 e. The summed E-state index contributed by atoms with van der Waals surface area (Å²) >= 11 is 0. The van der Waals surface area contributed by atoms with Crippen LogP contribution in [0.25, 0.3) is 104 Å². The Balaban J connectivity index is 0.961. The molecule has 0 unspecified atom stereocenters. The molecule has 0 atom stereocenters. The Labute approximate surface area is 319 Å². The van der Waals surface area contributed by atoms with E-state index in [4.69, 9.17) is 4.98 Å². The predicted octanol–water partition coefficient (Wildman–Crippen LogP) is 14.4. The molecule has 0 radical (unpaired) electrons. The summed E-state index contributed by atoms with van der Waals surface area (Å²) in [6.07, 6.45) is 0. The van der Waals surface area contributed by atoms with Crippen LogP contribution in [0, 0.1) is 13.8 Å². The number of fused-ring (bicyclic) bond motifs is 8. The minimum atomic E-state index is 0.991. The van der Waals surface area contributed by atoms with Crippen LogP contribution >= 0.6 is 0 Å². The molecule has 0 aliphatic heterocycles. The number of para-hydroxylation sites is 2. The zero-order chi connectivity index (χ0) is 36.6. The minimum Gasteiger partial charge on any atom is -0.297 e. The van der Waals surface area contributed by atoms with Crippen molar-refractivity contribution in [2.24, 2.45) is 0 Å². The third-order valence-electron chi connectivity index (χ3n) is 11.6. The molecule has 0 bridgehead atoms. The van der Waals surface area contributed by atoms with Gasteiger partial charge in [-0.1, -0.05) is 140 Å². The van der Waals surface area contributed by atoms with Gasteiger partial charge in [0, 0.05) is 5.69 Å². The highest BCUT2D eigenvalue weighted by molar-refractivity contribution is 6.21. The lowest BCUT2D eigenvalue weighted by molar-refractivity contribution is 1.00. The van der Waals surface area contributed by atoms with Crippen LogP contribution in [0.4, 0.5) is 0 Å².